The second kappa shape index (κ2) is 12.8. The first kappa shape index (κ1) is 30.5. The summed E-state index contributed by atoms with van der Waals surface area (Å²) in [5, 5.41) is 19.7. The highest BCUT2D eigenvalue weighted by molar-refractivity contribution is 5.81. The van der Waals surface area contributed by atoms with Gasteiger partial charge in [-0.2, -0.15) is 0 Å². The van der Waals surface area contributed by atoms with Crippen molar-refractivity contribution >= 4 is 11.8 Å². The topological polar surface area (TPSA) is 81.1 Å². The lowest BCUT2D eigenvalue weighted by Gasteiger charge is -2.58. The number of β-amino-alcohol motifs (C(OH)–C–C–N with tert-alkyl or cyclic N) is 2. The second-order valence-electron chi connectivity index (χ2n) is 14.3. The summed E-state index contributed by atoms with van der Waals surface area (Å²) >= 11 is 0. The third kappa shape index (κ3) is 6.11. The van der Waals surface area contributed by atoms with Crippen LogP contribution in [-0.4, -0.2) is 69.2 Å². The van der Waals surface area contributed by atoms with Gasteiger partial charge in [-0.3, -0.25) is 9.59 Å². The largest absolute Gasteiger partial charge is 0.388 e. The van der Waals surface area contributed by atoms with Crippen molar-refractivity contribution in [3.8, 4) is 0 Å². The molecular weight excluding hydrogens is 512 g/mol. The average molecular weight is 567 g/mol. The minimum atomic E-state index is -0.853. The Balaban J connectivity index is 1.29. The lowest BCUT2D eigenvalue weighted by Crippen LogP contribution is -2.62. The number of carbonyl (C=O) groups excluding carboxylic acids is 2. The quantitative estimate of drug-likeness (QED) is 0.381. The summed E-state index contributed by atoms with van der Waals surface area (Å²) in [5.74, 6) is 1.69. The molecule has 0 aromatic heterocycles. The Morgan fingerprint density at radius 2 is 1.61 bits per heavy atom. The molecule has 2 aliphatic carbocycles. The van der Waals surface area contributed by atoms with Crippen molar-refractivity contribution in [3.63, 3.8) is 0 Å². The number of carbonyl (C=O) groups is 2. The Labute approximate surface area is 247 Å². The Kier molecular flexibility index (Phi) is 9.50. The summed E-state index contributed by atoms with van der Waals surface area (Å²) < 4.78 is 0. The molecule has 4 fully saturated rings. The Bertz CT molecular complexity index is 1020. The van der Waals surface area contributed by atoms with Crippen molar-refractivity contribution in [1.82, 2.24) is 9.80 Å². The molecule has 1 aromatic carbocycles. The van der Waals surface area contributed by atoms with E-state index in [9.17, 15) is 19.8 Å². The lowest BCUT2D eigenvalue weighted by atomic mass is 9.56. The van der Waals surface area contributed by atoms with Crippen LogP contribution in [0, 0.1) is 23.7 Å². The van der Waals surface area contributed by atoms with Gasteiger partial charge in [0.2, 0.25) is 11.8 Å². The molecule has 0 bridgehead atoms. The van der Waals surface area contributed by atoms with Crippen LogP contribution in [-0.2, 0) is 15.0 Å². The third-order valence-electron chi connectivity index (χ3n) is 11.9. The van der Waals surface area contributed by atoms with Gasteiger partial charge in [-0.05, 0) is 86.5 Å². The second-order valence-corrected chi connectivity index (χ2v) is 14.3. The molecule has 2 amide bonds. The van der Waals surface area contributed by atoms with Crippen molar-refractivity contribution in [2.24, 2.45) is 23.7 Å². The van der Waals surface area contributed by atoms with Crippen LogP contribution in [0.1, 0.15) is 110 Å². The lowest BCUT2D eigenvalue weighted by molar-refractivity contribution is -0.156. The number of hydrogen-bond donors (Lipinski definition) is 2. The molecule has 1 aromatic rings. The number of likely N-dealkylation sites (tertiary alicyclic amines) is 2. The molecule has 5 rings (SSSR count). The fourth-order valence-electron chi connectivity index (χ4n) is 8.77. The van der Waals surface area contributed by atoms with E-state index in [0.717, 1.165) is 45.1 Å². The molecule has 1 spiro atoms. The molecule has 4 aliphatic rings. The predicted octanol–water partition coefficient (Wildman–Crippen LogP) is 5.69. The molecule has 6 heteroatoms. The maximum Gasteiger partial charge on any atom is 0.226 e. The van der Waals surface area contributed by atoms with Crippen molar-refractivity contribution in [2.75, 3.05) is 19.6 Å². The first-order valence-corrected chi connectivity index (χ1v) is 16.7. The monoisotopic (exact) mass is 566 g/mol. The van der Waals surface area contributed by atoms with E-state index in [2.05, 4.69) is 56.0 Å². The van der Waals surface area contributed by atoms with Crippen LogP contribution in [0.15, 0.2) is 30.3 Å². The summed E-state index contributed by atoms with van der Waals surface area (Å²) in [7, 11) is 0. The van der Waals surface area contributed by atoms with Gasteiger partial charge in [0.1, 0.15) is 0 Å². The first-order chi connectivity index (χ1) is 19.7. The van der Waals surface area contributed by atoms with Crippen molar-refractivity contribution in [1.29, 1.82) is 0 Å². The van der Waals surface area contributed by atoms with Gasteiger partial charge in [0.15, 0.2) is 0 Å². The van der Waals surface area contributed by atoms with Gasteiger partial charge in [-0.25, -0.2) is 0 Å². The number of hydrogen-bond acceptors (Lipinski definition) is 4. The number of piperidine rings is 1. The number of nitrogens with zero attached hydrogens (tertiary/aromatic N) is 2. The SMILES string of the molecule is CCCC(C)C1(c2ccccc2)CCC2(CCC(C(C)CCC(=O)N3C[C@@H](O)[C@@H](O)C3)C(=O)N2CC2CCC2)CC1. The summed E-state index contributed by atoms with van der Waals surface area (Å²) in [4.78, 5) is 31.1. The van der Waals surface area contributed by atoms with Crippen LogP contribution < -0.4 is 0 Å². The van der Waals surface area contributed by atoms with E-state index < -0.39 is 12.2 Å². The zero-order valence-corrected chi connectivity index (χ0v) is 25.8. The van der Waals surface area contributed by atoms with E-state index in [4.69, 9.17) is 0 Å². The molecular formula is C35H54N2O4. The number of aliphatic hydroxyl groups is 2. The first-order valence-electron chi connectivity index (χ1n) is 16.7. The minimum absolute atomic E-state index is 0.0231. The predicted molar refractivity (Wildman–Crippen MR) is 162 cm³/mol. The number of aliphatic hydroxyl groups excluding tert-OH is 2. The van der Waals surface area contributed by atoms with Gasteiger partial charge >= 0.3 is 0 Å². The minimum Gasteiger partial charge on any atom is -0.388 e. The van der Waals surface area contributed by atoms with Gasteiger partial charge in [-0.1, -0.05) is 70.4 Å². The van der Waals surface area contributed by atoms with Crippen LogP contribution >= 0.6 is 0 Å². The van der Waals surface area contributed by atoms with Crippen LogP contribution in [0.3, 0.4) is 0 Å². The van der Waals surface area contributed by atoms with Crippen molar-refractivity contribution < 1.29 is 19.8 Å². The number of amides is 2. The summed E-state index contributed by atoms with van der Waals surface area (Å²) in [6.07, 6.45) is 12.0. The van der Waals surface area contributed by atoms with E-state index >= 15 is 0 Å². The highest BCUT2D eigenvalue weighted by atomic mass is 16.3. The Morgan fingerprint density at radius 3 is 2.20 bits per heavy atom. The zero-order valence-electron chi connectivity index (χ0n) is 25.8. The molecule has 2 saturated heterocycles. The van der Waals surface area contributed by atoms with Crippen molar-refractivity contribution in [3.05, 3.63) is 35.9 Å². The van der Waals surface area contributed by atoms with Crippen molar-refractivity contribution in [2.45, 2.75) is 127 Å². The summed E-state index contributed by atoms with van der Waals surface area (Å²) in [6, 6.07) is 11.2. The maximum atomic E-state index is 14.3. The molecule has 0 radical (unpaired) electrons. The fourth-order valence-corrected chi connectivity index (χ4v) is 8.77. The standard InChI is InChI=1S/C35H54N2O4/c1-4-9-26(3)35(28-12-6-5-7-13-28)20-18-34(19-21-35)17-16-29(33(41)37(34)22-27-10-8-11-27)25(2)14-15-32(40)36-23-30(38)31(39)24-36/h5-7,12-13,25-27,29-31,38-39H,4,8-11,14-24H2,1-3H3/t25?,26?,29?,30-,31+,34?,35?. The van der Waals surface area contributed by atoms with Gasteiger partial charge in [0, 0.05) is 37.5 Å². The van der Waals surface area contributed by atoms with Gasteiger partial charge in [0.05, 0.1) is 12.2 Å². The van der Waals surface area contributed by atoms with Crippen LogP contribution in [0.25, 0.3) is 0 Å². The highest BCUT2D eigenvalue weighted by Gasteiger charge is 2.53. The normalized spacial score (nSPS) is 34.1. The van der Waals surface area contributed by atoms with Crippen LogP contribution in [0.4, 0.5) is 0 Å². The third-order valence-corrected chi connectivity index (χ3v) is 11.9. The summed E-state index contributed by atoms with van der Waals surface area (Å²) in [5.41, 5.74) is 1.65. The van der Waals surface area contributed by atoms with Gasteiger partial charge < -0.3 is 20.0 Å². The molecule has 2 heterocycles. The number of rotatable bonds is 10. The van der Waals surface area contributed by atoms with E-state index in [0.29, 0.717) is 30.6 Å². The summed E-state index contributed by atoms with van der Waals surface area (Å²) in [6.45, 7) is 8.22. The molecule has 228 valence electrons. The molecule has 41 heavy (non-hydrogen) atoms. The average Bonchev–Trinajstić information content (AvgIpc) is 3.29. The van der Waals surface area contributed by atoms with Crippen LogP contribution in [0.5, 0.6) is 0 Å². The highest BCUT2D eigenvalue weighted by Crippen LogP contribution is 2.54. The van der Waals surface area contributed by atoms with E-state index in [1.807, 2.05) is 0 Å². The van der Waals surface area contributed by atoms with E-state index in [-0.39, 0.29) is 41.8 Å². The van der Waals surface area contributed by atoms with Crippen LogP contribution in [0.2, 0.25) is 0 Å². The zero-order chi connectivity index (χ0) is 29.2. The molecule has 5 atom stereocenters. The maximum absolute atomic E-state index is 14.3. The fraction of sp³-hybridized carbons (Fsp3) is 0.771. The molecule has 2 aliphatic heterocycles. The Morgan fingerprint density at radius 1 is 0.951 bits per heavy atom. The molecule has 2 N–H and O–H groups in total. The molecule has 2 saturated carbocycles. The smallest absolute Gasteiger partial charge is 0.226 e. The van der Waals surface area contributed by atoms with Gasteiger partial charge in [-0.15, -0.1) is 0 Å². The van der Waals surface area contributed by atoms with E-state index in [1.54, 1.807) is 4.90 Å². The molecule has 3 unspecified atom stereocenters. The number of benzene rings is 1. The molecule has 6 nitrogen and oxygen atoms in total. The van der Waals surface area contributed by atoms with Gasteiger partial charge in [0.25, 0.3) is 0 Å². The van der Waals surface area contributed by atoms with E-state index in [1.165, 1.54) is 37.7 Å². The Hall–Kier alpha value is -1.92.